The van der Waals surface area contributed by atoms with Crippen LogP contribution < -0.4 is 10.6 Å². The van der Waals surface area contributed by atoms with Gasteiger partial charge in [-0.1, -0.05) is 6.07 Å². The summed E-state index contributed by atoms with van der Waals surface area (Å²) in [4.78, 5) is 39.7. The molecule has 150 valence electrons. The molecule has 0 spiro atoms. The van der Waals surface area contributed by atoms with Crippen LogP contribution in [-0.4, -0.2) is 50.8 Å². The van der Waals surface area contributed by atoms with Crippen molar-refractivity contribution in [3.8, 4) is 0 Å². The minimum atomic E-state index is -0.138. The number of hydrogen-bond donors (Lipinski definition) is 2. The second-order valence-corrected chi connectivity index (χ2v) is 8.00. The molecule has 8 nitrogen and oxygen atoms in total. The van der Waals surface area contributed by atoms with Crippen molar-refractivity contribution in [3.05, 3.63) is 47.2 Å². The standard InChI is InChI=1S/C20H22N6O2S/c1-12(15-5-3-4-8-21-15)22-20-24-16-7-10-29-18(16)17(25-20)19(28)26-9-6-14(11-26)23-13(2)27/h3-5,7-8,10,12,14H,6,9,11H2,1-2H3,(H,23,27)(H,22,24,25)/t12-,14+/m0/s1. The number of hydrogen-bond acceptors (Lipinski definition) is 7. The molecule has 2 atom stereocenters. The highest BCUT2D eigenvalue weighted by molar-refractivity contribution is 7.17. The summed E-state index contributed by atoms with van der Waals surface area (Å²) >= 11 is 1.45. The lowest BCUT2D eigenvalue weighted by Crippen LogP contribution is -2.37. The summed E-state index contributed by atoms with van der Waals surface area (Å²) in [6, 6.07) is 7.49. The topological polar surface area (TPSA) is 100 Å². The van der Waals surface area contributed by atoms with E-state index in [0.29, 0.717) is 24.7 Å². The Morgan fingerprint density at radius 1 is 1.28 bits per heavy atom. The van der Waals surface area contributed by atoms with Gasteiger partial charge in [-0.25, -0.2) is 9.97 Å². The summed E-state index contributed by atoms with van der Waals surface area (Å²) in [5.74, 6) is 0.179. The smallest absolute Gasteiger partial charge is 0.274 e. The van der Waals surface area contributed by atoms with Crippen LogP contribution >= 0.6 is 11.3 Å². The van der Waals surface area contributed by atoms with E-state index < -0.39 is 0 Å². The van der Waals surface area contributed by atoms with Gasteiger partial charge in [-0.2, -0.15) is 0 Å². The van der Waals surface area contributed by atoms with Crippen LogP contribution in [0.5, 0.6) is 0 Å². The van der Waals surface area contributed by atoms with Crippen LogP contribution in [0.3, 0.4) is 0 Å². The Balaban J connectivity index is 1.58. The van der Waals surface area contributed by atoms with Gasteiger partial charge in [0.15, 0.2) is 5.69 Å². The number of nitrogens with zero attached hydrogens (tertiary/aromatic N) is 4. The van der Waals surface area contributed by atoms with Crippen molar-refractivity contribution in [1.29, 1.82) is 0 Å². The first-order chi connectivity index (χ1) is 14.0. The molecule has 0 saturated carbocycles. The lowest BCUT2D eigenvalue weighted by Gasteiger charge is -2.18. The van der Waals surface area contributed by atoms with E-state index in [1.54, 1.807) is 11.1 Å². The fourth-order valence-electron chi connectivity index (χ4n) is 3.47. The molecule has 0 radical (unpaired) electrons. The number of carbonyl (C=O) groups is 2. The summed E-state index contributed by atoms with van der Waals surface area (Å²) in [5, 5.41) is 8.05. The second kappa shape index (κ2) is 8.12. The molecule has 0 bridgehead atoms. The van der Waals surface area contributed by atoms with Gasteiger partial charge >= 0.3 is 0 Å². The van der Waals surface area contributed by atoms with E-state index in [4.69, 9.17) is 0 Å². The molecular weight excluding hydrogens is 388 g/mol. The maximum atomic E-state index is 13.2. The zero-order valence-electron chi connectivity index (χ0n) is 16.3. The van der Waals surface area contributed by atoms with Crippen LogP contribution in [-0.2, 0) is 4.79 Å². The minimum Gasteiger partial charge on any atom is -0.352 e. The molecule has 2 N–H and O–H groups in total. The predicted octanol–water partition coefficient (Wildman–Crippen LogP) is 2.61. The zero-order valence-corrected chi connectivity index (χ0v) is 17.1. The van der Waals surface area contributed by atoms with Crippen LogP contribution in [0.4, 0.5) is 5.95 Å². The molecule has 4 heterocycles. The van der Waals surface area contributed by atoms with Crippen molar-refractivity contribution in [3.63, 3.8) is 0 Å². The Labute approximate surface area is 172 Å². The molecule has 1 aliphatic rings. The van der Waals surface area contributed by atoms with Crippen molar-refractivity contribution in [1.82, 2.24) is 25.2 Å². The van der Waals surface area contributed by atoms with Crippen LogP contribution in [0, 0.1) is 0 Å². The zero-order chi connectivity index (χ0) is 20.4. The number of aromatic nitrogens is 3. The number of nitrogens with one attached hydrogen (secondary N) is 2. The number of pyridine rings is 1. The Kier molecular flexibility index (Phi) is 5.39. The van der Waals surface area contributed by atoms with E-state index in [1.165, 1.54) is 18.3 Å². The van der Waals surface area contributed by atoms with Gasteiger partial charge < -0.3 is 15.5 Å². The molecule has 0 aliphatic carbocycles. The summed E-state index contributed by atoms with van der Waals surface area (Å²) in [6.07, 6.45) is 2.48. The first-order valence-corrected chi connectivity index (χ1v) is 10.4. The molecule has 2 amide bonds. The molecule has 4 rings (SSSR count). The van der Waals surface area contributed by atoms with Crippen molar-refractivity contribution >= 4 is 39.3 Å². The van der Waals surface area contributed by atoms with Crippen molar-refractivity contribution in [2.75, 3.05) is 18.4 Å². The third-order valence-corrected chi connectivity index (χ3v) is 5.78. The number of rotatable bonds is 5. The van der Waals surface area contributed by atoms with Crippen molar-refractivity contribution in [2.24, 2.45) is 0 Å². The number of thiophene rings is 1. The molecule has 0 unspecified atom stereocenters. The Morgan fingerprint density at radius 3 is 2.90 bits per heavy atom. The second-order valence-electron chi connectivity index (χ2n) is 7.09. The van der Waals surface area contributed by atoms with E-state index in [9.17, 15) is 9.59 Å². The number of anilines is 1. The SMILES string of the molecule is CC(=O)N[C@@H]1CCN(C(=O)c2nc(N[C@@H](C)c3ccccn3)nc3ccsc23)C1. The molecule has 1 fully saturated rings. The van der Waals surface area contributed by atoms with Gasteiger partial charge in [-0.15, -0.1) is 11.3 Å². The predicted molar refractivity (Wildman–Crippen MR) is 112 cm³/mol. The maximum absolute atomic E-state index is 13.2. The van der Waals surface area contributed by atoms with Gasteiger partial charge in [0.1, 0.15) is 0 Å². The van der Waals surface area contributed by atoms with Crippen LogP contribution in [0.2, 0.25) is 0 Å². The fourth-order valence-corrected chi connectivity index (χ4v) is 4.28. The number of amides is 2. The quantitative estimate of drug-likeness (QED) is 0.671. The molecule has 0 aromatic carbocycles. The molecule has 1 aliphatic heterocycles. The highest BCUT2D eigenvalue weighted by Crippen LogP contribution is 2.27. The van der Waals surface area contributed by atoms with E-state index in [1.807, 2.05) is 36.6 Å². The number of carbonyl (C=O) groups excluding carboxylic acids is 2. The molecule has 9 heteroatoms. The van der Waals surface area contributed by atoms with E-state index >= 15 is 0 Å². The van der Waals surface area contributed by atoms with E-state index in [2.05, 4.69) is 25.6 Å². The third kappa shape index (κ3) is 4.19. The monoisotopic (exact) mass is 410 g/mol. The van der Waals surface area contributed by atoms with Gasteiger partial charge in [-0.3, -0.25) is 14.6 Å². The van der Waals surface area contributed by atoms with Crippen LogP contribution in [0.15, 0.2) is 35.8 Å². The van der Waals surface area contributed by atoms with Gasteiger partial charge in [0.05, 0.1) is 22.0 Å². The normalized spacial score (nSPS) is 17.3. The van der Waals surface area contributed by atoms with Gasteiger partial charge in [-0.05, 0) is 36.9 Å². The average Bonchev–Trinajstić information content (AvgIpc) is 3.36. The molecule has 1 saturated heterocycles. The fraction of sp³-hybridized carbons (Fsp3) is 0.350. The minimum absolute atomic E-state index is 0.0149. The third-order valence-electron chi connectivity index (χ3n) is 4.87. The van der Waals surface area contributed by atoms with Crippen LogP contribution in [0.1, 0.15) is 42.5 Å². The molecule has 29 heavy (non-hydrogen) atoms. The molecule has 3 aromatic rings. The van der Waals surface area contributed by atoms with E-state index in [0.717, 1.165) is 22.3 Å². The molecular formula is C20H22N6O2S. The lowest BCUT2D eigenvalue weighted by molar-refractivity contribution is -0.119. The average molecular weight is 411 g/mol. The Hall–Kier alpha value is -3.07. The summed E-state index contributed by atoms with van der Waals surface area (Å²) in [7, 11) is 0. The highest BCUT2D eigenvalue weighted by atomic mass is 32.1. The first-order valence-electron chi connectivity index (χ1n) is 9.50. The molecule has 3 aromatic heterocycles. The van der Waals surface area contributed by atoms with Crippen molar-refractivity contribution in [2.45, 2.75) is 32.4 Å². The maximum Gasteiger partial charge on any atom is 0.274 e. The van der Waals surface area contributed by atoms with Crippen molar-refractivity contribution < 1.29 is 9.59 Å². The van der Waals surface area contributed by atoms with Gasteiger partial charge in [0.25, 0.3) is 5.91 Å². The van der Waals surface area contributed by atoms with Crippen LogP contribution in [0.25, 0.3) is 10.2 Å². The number of likely N-dealkylation sites (tertiary alicyclic amines) is 1. The largest absolute Gasteiger partial charge is 0.352 e. The highest BCUT2D eigenvalue weighted by Gasteiger charge is 2.30. The van der Waals surface area contributed by atoms with Gasteiger partial charge in [0.2, 0.25) is 11.9 Å². The Bertz CT molecular complexity index is 1040. The summed E-state index contributed by atoms with van der Waals surface area (Å²) in [5.41, 5.74) is 2.00. The summed E-state index contributed by atoms with van der Waals surface area (Å²) in [6.45, 7) is 4.55. The summed E-state index contributed by atoms with van der Waals surface area (Å²) < 4.78 is 0.772. The van der Waals surface area contributed by atoms with Gasteiger partial charge in [0, 0.05) is 32.3 Å². The first kappa shape index (κ1) is 19.3. The van der Waals surface area contributed by atoms with E-state index in [-0.39, 0.29) is 23.9 Å². The lowest BCUT2D eigenvalue weighted by atomic mass is 10.2. The Morgan fingerprint density at radius 2 is 2.14 bits per heavy atom. The number of fused-ring (bicyclic) bond motifs is 1.